The highest BCUT2D eigenvalue weighted by Gasteiger charge is 2.62. The van der Waals surface area contributed by atoms with Crippen LogP contribution in [0.25, 0.3) is 0 Å². The molecule has 2 aliphatic heterocycles. The number of piperazine rings is 1. The van der Waals surface area contributed by atoms with E-state index in [1.54, 1.807) is 6.08 Å². The van der Waals surface area contributed by atoms with Crippen molar-refractivity contribution in [2.75, 3.05) is 45.8 Å². The van der Waals surface area contributed by atoms with Crippen LogP contribution < -0.4 is 5.32 Å². The third-order valence-corrected chi connectivity index (χ3v) is 4.15. The van der Waals surface area contributed by atoms with Crippen molar-refractivity contribution >= 4 is 5.91 Å². The highest BCUT2D eigenvalue weighted by Crippen LogP contribution is 2.44. The molecule has 1 amide bonds. The Morgan fingerprint density at radius 2 is 1.95 bits per heavy atom. The first-order valence-corrected chi connectivity index (χ1v) is 6.81. The van der Waals surface area contributed by atoms with E-state index in [2.05, 4.69) is 16.8 Å². The quantitative estimate of drug-likeness (QED) is 0.783. The fourth-order valence-corrected chi connectivity index (χ4v) is 2.86. The molecule has 2 rings (SSSR count). The topological polar surface area (TPSA) is 35.6 Å². The van der Waals surface area contributed by atoms with Crippen molar-refractivity contribution < 1.29 is 18.0 Å². The van der Waals surface area contributed by atoms with Crippen LogP contribution in [0.4, 0.5) is 13.2 Å². The molecule has 0 bridgehead atoms. The van der Waals surface area contributed by atoms with E-state index in [4.69, 9.17) is 0 Å². The first kappa shape index (κ1) is 15.3. The molecule has 20 heavy (non-hydrogen) atoms. The molecule has 2 fully saturated rings. The third-order valence-electron chi connectivity index (χ3n) is 4.15. The van der Waals surface area contributed by atoms with E-state index in [-0.39, 0.29) is 19.5 Å². The molecule has 0 spiro atoms. The van der Waals surface area contributed by atoms with Gasteiger partial charge in [0.25, 0.3) is 0 Å². The predicted molar refractivity (Wildman–Crippen MR) is 69.2 cm³/mol. The summed E-state index contributed by atoms with van der Waals surface area (Å²) in [5.41, 5.74) is -2.23. The molecule has 0 aromatic rings. The van der Waals surface area contributed by atoms with Gasteiger partial charge in [-0.05, 0) is 13.0 Å². The number of carbonyl (C=O) groups excluding carboxylic acids is 1. The summed E-state index contributed by atoms with van der Waals surface area (Å²) in [6.45, 7) is 6.17. The summed E-state index contributed by atoms with van der Waals surface area (Å²) in [6.07, 6.45) is -2.90. The van der Waals surface area contributed by atoms with Crippen molar-refractivity contribution in [3.05, 3.63) is 12.7 Å². The Labute approximate surface area is 116 Å². The minimum atomic E-state index is -4.49. The van der Waals surface area contributed by atoms with Crippen LogP contribution in [-0.2, 0) is 4.79 Å². The lowest BCUT2D eigenvalue weighted by Crippen LogP contribution is -2.58. The van der Waals surface area contributed by atoms with Crippen molar-refractivity contribution in [1.82, 2.24) is 15.1 Å². The highest BCUT2D eigenvalue weighted by atomic mass is 19.4. The summed E-state index contributed by atoms with van der Waals surface area (Å²) in [6, 6.07) is 0. The zero-order valence-corrected chi connectivity index (χ0v) is 11.4. The van der Waals surface area contributed by atoms with Crippen LogP contribution in [0.3, 0.4) is 0 Å². The Morgan fingerprint density at radius 1 is 1.30 bits per heavy atom. The van der Waals surface area contributed by atoms with Crippen molar-refractivity contribution in [3.8, 4) is 0 Å². The van der Waals surface area contributed by atoms with Crippen LogP contribution >= 0.6 is 0 Å². The van der Waals surface area contributed by atoms with Gasteiger partial charge in [-0.15, -0.1) is 6.58 Å². The minimum absolute atomic E-state index is 0.164. The van der Waals surface area contributed by atoms with Gasteiger partial charge >= 0.3 is 6.18 Å². The summed E-state index contributed by atoms with van der Waals surface area (Å²) < 4.78 is 39.9. The number of amides is 1. The molecule has 0 aliphatic carbocycles. The molecular weight excluding hydrogens is 271 g/mol. The second-order valence-corrected chi connectivity index (χ2v) is 5.39. The molecule has 114 valence electrons. The van der Waals surface area contributed by atoms with Gasteiger partial charge in [-0.25, -0.2) is 0 Å². The molecule has 0 radical (unpaired) electrons. The number of nitrogens with one attached hydrogen (secondary N) is 1. The van der Waals surface area contributed by atoms with E-state index in [1.807, 2.05) is 0 Å². The summed E-state index contributed by atoms with van der Waals surface area (Å²) in [4.78, 5) is 15.8. The van der Waals surface area contributed by atoms with Crippen LogP contribution in [0.5, 0.6) is 0 Å². The lowest BCUT2D eigenvalue weighted by atomic mass is 9.84. The number of hydrogen-bond acceptors (Lipinski definition) is 3. The first-order valence-electron chi connectivity index (χ1n) is 6.81. The van der Waals surface area contributed by atoms with E-state index in [1.165, 1.54) is 4.90 Å². The molecule has 2 saturated heterocycles. The second kappa shape index (κ2) is 5.73. The Hall–Kier alpha value is -1.08. The molecule has 0 aromatic heterocycles. The number of rotatable bonds is 3. The maximum Gasteiger partial charge on any atom is 0.404 e. The summed E-state index contributed by atoms with van der Waals surface area (Å²) in [5.74, 6) is -0.770. The van der Waals surface area contributed by atoms with E-state index in [9.17, 15) is 18.0 Å². The average Bonchev–Trinajstić information content (AvgIpc) is 2.89. The normalized spacial score (nSPS) is 28.6. The molecule has 2 heterocycles. The van der Waals surface area contributed by atoms with Gasteiger partial charge in [0, 0.05) is 39.3 Å². The van der Waals surface area contributed by atoms with Gasteiger partial charge in [0.2, 0.25) is 5.91 Å². The summed E-state index contributed by atoms with van der Waals surface area (Å²) in [5, 5.41) is 2.68. The number of alkyl halides is 3. The van der Waals surface area contributed by atoms with Crippen LogP contribution in [0.1, 0.15) is 6.42 Å². The minimum Gasteiger partial charge on any atom is -0.339 e. The zero-order chi connectivity index (χ0) is 14.8. The molecule has 7 heteroatoms. The highest BCUT2D eigenvalue weighted by molar-refractivity contribution is 5.84. The van der Waals surface area contributed by atoms with Gasteiger partial charge in [0.1, 0.15) is 0 Å². The number of carbonyl (C=O) groups is 1. The lowest BCUT2D eigenvalue weighted by molar-refractivity contribution is -0.222. The zero-order valence-electron chi connectivity index (χ0n) is 11.4. The monoisotopic (exact) mass is 291 g/mol. The maximum absolute atomic E-state index is 13.3. The molecule has 1 unspecified atom stereocenters. The van der Waals surface area contributed by atoms with Gasteiger partial charge in [-0.3, -0.25) is 9.69 Å². The summed E-state index contributed by atoms with van der Waals surface area (Å²) in [7, 11) is 0. The number of halogens is 3. The third kappa shape index (κ3) is 2.69. The largest absolute Gasteiger partial charge is 0.404 e. The van der Waals surface area contributed by atoms with Gasteiger partial charge in [-0.2, -0.15) is 13.2 Å². The van der Waals surface area contributed by atoms with Crippen molar-refractivity contribution in [3.63, 3.8) is 0 Å². The van der Waals surface area contributed by atoms with Crippen molar-refractivity contribution in [1.29, 1.82) is 0 Å². The van der Waals surface area contributed by atoms with E-state index in [0.29, 0.717) is 32.7 Å². The molecule has 0 saturated carbocycles. The van der Waals surface area contributed by atoms with E-state index in [0.717, 1.165) is 0 Å². The van der Waals surface area contributed by atoms with Gasteiger partial charge in [0.05, 0.1) is 0 Å². The Balaban J connectivity index is 2.05. The standard InChI is InChI=1S/C13H20F3N3O/c1-2-5-18-6-8-19(9-7-18)11(20)12(13(14,15)16)3-4-17-10-12/h2,17H,1,3-10H2. The van der Waals surface area contributed by atoms with E-state index < -0.39 is 17.5 Å². The van der Waals surface area contributed by atoms with E-state index >= 15 is 0 Å². The van der Waals surface area contributed by atoms with Crippen LogP contribution in [-0.4, -0.2) is 67.7 Å². The van der Waals surface area contributed by atoms with Gasteiger partial charge in [-0.1, -0.05) is 6.08 Å². The van der Waals surface area contributed by atoms with Crippen molar-refractivity contribution in [2.24, 2.45) is 5.41 Å². The maximum atomic E-state index is 13.3. The molecule has 1 atom stereocenters. The van der Waals surface area contributed by atoms with Crippen molar-refractivity contribution in [2.45, 2.75) is 12.6 Å². The van der Waals surface area contributed by atoms with Gasteiger partial charge < -0.3 is 10.2 Å². The lowest BCUT2D eigenvalue weighted by Gasteiger charge is -2.39. The Bertz CT molecular complexity index is 370. The summed E-state index contributed by atoms with van der Waals surface area (Å²) >= 11 is 0. The smallest absolute Gasteiger partial charge is 0.339 e. The SMILES string of the molecule is C=CCN1CCN(C(=O)C2(C(F)(F)F)CCNC2)CC1. The molecule has 2 aliphatic rings. The fraction of sp³-hybridized carbons (Fsp3) is 0.769. The van der Waals surface area contributed by atoms with Gasteiger partial charge in [0.15, 0.2) is 5.41 Å². The second-order valence-electron chi connectivity index (χ2n) is 5.39. The number of nitrogens with zero attached hydrogens (tertiary/aromatic N) is 2. The predicted octanol–water partition coefficient (Wildman–Crippen LogP) is 0.859. The molecule has 1 N–H and O–H groups in total. The Morgan fingerprint density at radius 3 is 2.40 bits per heavy atom. The van der Waals surface area contributed by atoms with Crippen LogP contribution in [0.15, 0.2) is 12.7 Å². The Kier molecular flexibility index (Phi) is 4.39. The first-order chi connectivity index (χ1) is 9.40. The number of hydrogen-bond donors (Lipinski definition) is 1. The molecular formula is C13H20F3N3O. The fourth-order valence-electron chi connectivity index (χ4n) is 2.86. The van der Waals surface area contributed by atoms with Crippen LogP contribution in [0.2, 0.25) is 0 Å². The average molecular weight is 291 g/mol. The molecule has 4 nitrogen and oxygen atoms in total. The van der Waals surface area contributed by atoms with Crippen LogP contribution in [0, 0.1) is 5.41 Å². The molecule has 0 aromatic carbocycles.